The molecule has 0 spiro atoms. The molecule has 0 heterocycles. The molecule has 19 heavy (non-hydrogen) atoms. The Morgan fingerprint density at radius 2 is 2.21 bits per heavy atom. The molecule has 1 rings (SSSR count). The highest BCUT2D eigenvalue weighted by Gasteiger charge is 2.12. The van der Waals surface area contributed by atoms with Gasteiger partial charge in [0.2, 0.25) is 10.0 Å². The molecule has 0 amide bonds. The lowest BCUT2D eigenvalue weighted by Crippen LogP contribution is -2.17. The molecule has 0 radical (unpaired) electrons. The van der Waals surface area contributed by atoms with Crippen LogP contribution in [0.2, 0.25) is 0 Å². The molecule has 6 nitrogen and oxygen atoms in total. The summed E-state index contributed by atoms with van der Waals surface area (Å²) in [4.78, 5) is 0. The number of nitrogens with zero attached hydrogens (tertiary/aromatic N) is 1. The van der Waals surface area contributed by atoms with Crippen LogP contribution < -0.4 is 10.5 Å². The molecule has 8 heteroatoms. The molecule has 106 valence electrons. The molecule has 0 unspecified atom stereocenters. The fourth-order valence-electron chi connectivity index (χ4n) is 1.37. The van der Waals surface area contributed by atoms with Crippen molar-refractivity contribution in [2.75, 3.05) is 10.5 Å². The maximum absolute atomic E-state index is 11.8. The van der Waals surface area contributed by atoms with E-state index in [9.17, 15) is 8.42 Å². The Balaban J connectivity index is 2.92. The van der Waals surface area contributed by atoms with Crippen molar-refractivity contribution in [2.45, 2.75) is 19.8 Å². The van der Waals surface area contributed by atoms with Crippen LogP contribution in [-0.2, 0) is 10.0 Å². The summed E-state index contributed by atoms with van der Waals surface area (Å²) in [7, 11) is -3.35. The Hall–Kier alpha value is -1.28. The molecule has 4 N–H and O–H groups in total. The quantitative estimate of drug-likeness (QED) is 0.316. The van der Waals surface area contributed by atoms with Crippen LogP contribution >= 0.6 is 15.9 Å². The zero-order chi connectivity index (χ0) is 14.5. The Morgan fingerprint density at radius 3 is 2.74 bits per heavy atom. The van der Waals surface area contributed by atoms with Crippen molar-refractivity contribution in [2.24, 2.45) is 10.9 Å². The highest BCUT2D eigenvalue weighted by atomic mass is 79.9. The van der Waals surface area contributed by atoms with E-state index in [4.69, 9.17) is 10.9 Å². The first-order chi connectivity index (χ1) is 8.89. The molecule has 0 atom stereocenters. The van der Waals surface area contributed by atoms with Crippen molar-refractivity contribution in [3.05, 3.63) is 28.2 Å². The molecule has 1 aromatic carbocycles. The molecule has 1 aromatic rings. The van der Waals surface area contributed by atoms with Gasteiger partial charge >= 0.3 is 0 Å². The van der Waals surface area contributed by atoms with Gasteiger partial charge in [0.25, 0.3) is 0 Å². The van der Waals surface area contributed by atoms with Gasteiger partial charge in [0.05, 0.1) is 11.4 Å². The highest BCUT2D eigenvalue weighted by Crippen LogP contribution is 2.24. The van der Waals surface area contributed by atoms with Crippen LogP contribution in [0.5, 0.6) is 0 Å². The van der Waals surface area contributed by atoms with Crippen LogP contribution in [0.1, 0.15) is 25.3 Å². The number of halogens is 1. The lowest BCUT2D eigenvalue weighted by atomic mass is 10.2. The van der Waals surface area contributed by atoms with Crippen LogP contribution in [0.4, 0.5) is 5.69 Å². The number of unbranched alkanes of at least 4 members (excludes halogenated alkanes) is 1. The molecular weight excluding hydrogens is 334 g/mol. The fraction of sp³-hybridized carbons (Fsp3) is 0.364. The first-order valence-corrected chi connectivity index (χ1v) is 8.12. The van der Waals surface area contributed by atoms with E-state index in [0.29, 0.717) is 22.1 Å². The van der Waals surface area contributed by atoms with E-state index in [-0.39, 0.29) is 11.6 Å². The van der Waals surface area contributed by atoms with Crippen LogP contribution in [-0.4, -0.2) is 25.2 Å². The number of benzene rings is 1. The van der Waals surface area contributed by atoms with Gasteiger partial charge in [-0.25, -0.2) is 8.42 Å². The molecule has 0 fully saturated rings. The van der Waals surface area contributed by atoms with Crippen molar-refractivity contribution in [1.29, 1.82) is 0 Å². The third kappa shape index (κ3) is 4.71. The second-order valence-electron chi connectivity index (χ2n) is 3.95. The van der Waals surface area contributed by atoms with Crippen LogP contribution in [0, 0.1) is 0 Å². The zero-order valence-corrected chi connectivity index (χ0v) is 12.8. The molecule has 0 saturated carbocycles. The van der Waals surface area contributed by atoms with Crippen molar-refractivity contribution < 1.29 is 13.6 Å². The summed E-state index contributed by atoms with van der Waals surface area (Å²) in [6, 6.07) is 4.70. The summed E-state index contributed by atoms with van der Waals surface area (Å²) in [6.07, 6.45) is 1.42. The normalized spacial score (nSPS) is 12.4. The number of anilines is 1. The third-order valence-corrected chi connectivity index (χ3v) is 4.42. The number of nitrogens with one attached hydrogen (secondary N) is 1. The SMILES string of the molecule is CCCCS(=O)(=O)Nc1ccc(/C(N)=N/O)cc1Br. The maximum atomic E-state index is 11.8. The topological polar surface area (TPSA) is 105 Å². The first kappa shape index (κ1) is 15.8. The number of sulfonamides is 1. The van der Waals surface area contributed by atoms with E-state index in [1.165, 1.54) is 0 Å². The summed E-state index contributed by atoms with van der Waals surface area (Å²) in [5, 5.41) is 11.4. The number of rotatable bonds is 6. The predicted octanol–water partition coefficient (Wildman–Crippen LogP) is 2.09. The van der Waals surface area contributed by atoms with Gasteiger partial charge in [-0.3, -0.25) is 4.72 Å². The lowest BCUT2D eigenvalue weighted by molar-refractivity contribution is 0.318. The summed E-state index contributed by atoms with van der Waals surface area (Å²) in [6.45, 7) is 1.93. The molecule has 0 aromatic heterocycles. The van der Waals surface area contributed by atoms with Gasteiger partial charge in [-0.05, 0) is 40.5 Å². The zero-order valence-electron chi connectivity index (χ0n) is 10.4. The molecule has 0 bridgehead atoms. The summed E-state index contributed by atoms with van der Waals surface area (Å²) < 4.78 is 26.5. The highest BCUT2D eigenvalue weighted by molar-refractivity contribution is 9.10. The first-order valence-electron chi connectivity index (χ1n) is 5.67. The number of amidine groups is 1. The Kier molecular flexibility index (Phi) is 5.61. The number of hydrogen-bond donors (Lipinski definition) is 3. The van der Waals surface area contributed by atoms with E-state index in [1.807, 2.05) is 6.92 Å². The molecule has 0 saturated heterocycles. The molecular formula is C11H16BrN3O3S. The standard InChI is InChI=1S/C11H16BrN3O3S/c1-2-3-6-19(17,18)15-10-5-4-8(7-9(10)12)11(13)14-16/h4-5,7,15-16H,2-3,6H2,1H3,(H2,13,14). The fourth-order valence-corrected chi connectivity index (χ4v) is 3.26. The van der Waals surface area contributed by atoms with Crippen LogP contribution in [0.25, 0.3) is 0 Å². The van der Waals surface area contributed by atoms with E-state index in [1.54, 1.807) is 18.2 Å². The van der Waals surface area contributed by atoms with Gasteiger partial charge in [-0.2, -0.15) is 0 Å². The summed E-state index contributed by atoms with van der Waals surface area (Å²) in [5.74, 6) is 0.0406. The minimum absolute atomic E-state index is 0.0407. The van der Waals surface area contributed by atoms with E-state index in [2.05, 4.69) is 25.8 Å². The Labute approximate surface area is 120 Å². The van der Waals surface area contributed by atoms with Gasteiger partial charge in [-0.15, -0.1) is 0 Å². The Bertz CT molecular complexity index is 573. The van der Waals surface area contributed by atoms with Crippen LogP contribution in [0.15, 0.2) is 27.8 Å². The minimum atomic E-state index is -3.35. The van der Waals surface area contributed by atoms with E-state index >= 15 is 0 Å². The van der Waals surface area contributed by atoms with Gasteiger partial charge in [0.15, 0.2) is 5.84 Å². The van der Waals surface area contributed by atoms with E-state index in [0.717, 1.165) is 6.42 Å². The predicted molar refractivity (Wildman–Crippen MR) is 79.0 cm³/mol. The van der Waals surface area contributed by atoms with Gasteiger partial charge < -0.3 is 10.9 Å². The number of hydrogen-bond acceptors (Lipinski definition) is 4. The Morgan fingerprint density at radius 1 is 1.53 bits per heavy atom. The second-order valence-corrected chi connectivity index (χ2v) is 6.65. The molecule has 0 aliphatic carbocycles. The summed E-state index contributed by atoms with van der Waals surface area (Å²) >= 11 is 3.25. The largest absolute Gasteiger partial charge is 0.409 e. The average molecular weight is 350 g/mol. The van der Waals surface area contributed by atoms with Gasteiger partial charge in [-0.1, -0.05) is 18.5 Å². The minimum Gasteiger partial charge on any atom is -0.409 e. The average Bonchev–Trinajstić information content (AvgIpc) is 2.37. The van der Waals surface area contributed by atoms with Crippen molar-refractivity contribution in [1.82, 2.24) is 0 Å². The van der Waals surface area contributed by atoms with Crippen molar-refractivity contribution in [3.63, 3.8) is 0 Å². The second kappa shape index (κ2) is 6.76. The van der Waals surface area contributed by atoms with Crippen molar-refractivity contribution in [3.8, 4) is 0 Å². The van der Waals surface area contributed by atoms with Crippen LogP contribution in [0.3, 0.4) is 0 Å². The monoisotopic (exact) mass is 349 g/mol. The third-order valence-electron chi connectivity index (χ3n) is 2.40. The van der Waals surface area contributed by atoms with E-state index < -0.39 is 10.0 Å². The van der Waals surface area contributed by atoms with Gasteiger partial charge in [0.1, 0.15) is 0 Å². The molecule has 0 aliphatic rings. The number of nitrogens with two attached hydrogens (primary N) is 1. The summed E-state index contributed by atoms with van der Waals surface area (Å²) in [5.41, 5.74) is 6.36. The van der Waals surface area contributed by atoms with Gasteiger partial charge in [0, 0.05) is 10.0 Å². The smallest absolute Gasteiger partial charge is 0.232 e. The molecule has 0 aliphatic heterocycles. The lowest BCUT2D eigenvalue weighted by Gasteiger charge is -2.10. The number of oxime groups is 1. The van der Waals surface area contributed by atoms with Crippen molar-refractivity contribution >= 4 is 37.5 Å². The maximum Gasteiger partial charge on any atom is 0.232 e.